The highest BCUT2D eigenvalue weighted by Crippen LogP contribution is 2.20. The summed E-state index contributed by atoms with van der Waals surface area (Å²) in [6.07, 6.45) is 5.45. The Morgan fingerprint density at radius 1 is 1.27 bits per heavy atom. The molecule has 0 radical (unpaired) electrons. The minimum Gasteiger partial charge on any atom is -0.481 e. The van der Waals surface area contributed by atoms with E-state index in [0.717, 1.165) is 5.39 Å². The van der Waals surface area contributed by atoms with Gasteiger partial charge in [0, 0.05) is 19.2 Å². The van der Waals surface area contributed by atoms with Crippen molar-refractivity contribution >= 4 is 22.8 Å². The molecule has 0 aliphatic heterocycles. The van der Waals surface area contributed by atoms with Crippen molar-refractivity contribution in [2.75, 3.05) is 11.9 Å². The SMILES string of the molecule is O=C(O)CCCNc1ncnc2c1cnn2-c1ccccn1. The van der Waals surface area contributed by atoms with Gasteiger partial charge in [0.05, 0.1) is 11.6 Å². The molecule has 2 N–H and O–H groups in total. The van der Waals surface area contributed by atoms with E-state index in [9.17, 15) is 4.79 Å². The van der Waals surface area contributed by atoms with Crippen molar-refractivity contribution in [1.82, 2.24) is 24.7 Å². The highest BCUT2D eigenvalue weighted by molar-refractivity contribution is 5.86. The lowest BCUT2D eigenvalue weighted by molar-refractivity contribution is -0.137. The molecular formula is C14H14N6O2. The van der Waals surface area contributed by atoms with Crippen LogP contribution < -0.4 is 5.32 Å². The average molecular weight is 298 g/mol. The Bertz CT molecular complexity index is 786. The van der Waals surface area contributed by atoms with E-state index in [0.29, 0.717) is 30.2 Å². The maximum atomic E-state index is 10.5. The van der Waals surface area contributed by atoms with Crippen molar-refractivity contribution in [2.45, 2.75) is 12.8 Å². The number of aromatic nitrogens is 5. The molecule has 3 heterocycles. The van der Waals surface area contributed by atoms with Crippen molar-refractivity contribution in [2.24, 2.45) is 0 Å². The fraction of sp³-hybridized carbons (Fsp3) is 0.214. The van der Waals surface area contributed by atoms with Gasteiger partial charge in [-0.1, -0.05) is 6.07 Å². The molecule has 0 saturated carbocycles. The zero-order chi connectivity index (χ0) is 15.4. The highest BCUT2D eigenvalue weighted by atomic mass is 16.4. The number of nitrogens with zero attached hydrogens (tertiary/aromatic N) is 5. The van der Waals surface area contributed by atoms with Crippen LogP contribution in [0.15, 0.2) is 36.9 Å². The number of nitrogens with one attached hydrogen (secondary N) is 1. The highest BCUT2D eigenvalue weighted by Gasteiger charge is 2.11. The van der Waals surface area contributed by atoms with Crippen LogP contribution in [0.25, 0.3) is 16.9 Å². The van der Waals surface area contributed by atoms with Gasteiger partial charge in [-0.05, 0) is 18.6 Å². The maximum Gasteiger partial charge on any atom is 0.303 e. The summed E-state index contributed by atoms with van der Waals surface area (Å²) in [6, 6.07) is 5.55. The molecule has 0 amide bonds. The van der Waals surface area contributed by atoms with Gasteiger partial charge in [0.15, 0.2) is 11.5 Å². The van der Waals surface area contributed by atoms with Crippen LogP contribution in [0.4, 0.5) is 5.82 Å². The van der Waals surface area contributed by atoms with Gasteiger partial charge in [0.1, 0.15) is 12.1 Å². The quantitative estimate of drug-likeness (QED) is 0.664. The van der Waals surface area contributed by atoms with Gasteiger partial charge in [-0.3, -0.25) is 4.79 Å². The predicted octanol–water partition coefficient (Wildman–Crippen LogP) is 1.49. The summed E-state index contributed by atoms with van der Waals surface area (Å²) in [5.41, 5.74) is 0.648. The smallest absolute Gasteiger partial charge is 0.303 e. The van der Waals surface area contributed by atoms with Crippen LogP contribution in [-0.4, -0.2) is 42.4 Å². The first-order valence-corrected chi connectivity index (χ1v) is 6.81. The Morgan fingerprint density at radius 2 is 2.18 bits per heavy atom. The van der Waals surface area contributed by atoms with Crippen molar-refractivity contribution < 1.29 is 9.90 Å². The number of carboxylic acids is 1. The summed E-state index contributed by atoms with van der Waals surface area (Å²) in [5, 5.41) is 16.8. The number of rotatable bonds is 6. The van der Waals surface area contributed by atoms with Crippen LogP contribution in [0, 0.1) is 0 Å². The molecule has 0 unspecified atom stereocenters. The largest absolute Gasteiger partial charge is 0.481 e. The normalized spacial score (nSPS) is 10.7. The van der Waals surface area contributed by atoms with Crippen LogP contribution in [-0.2, 0) is 4.79 Å². The van der Waals surface area contributed by atoms with E-state index in [4.69, 9.17) is 5.11 Å². The molecule has 0 aliphatic rings. The summed E-state index contributed by atoms with van der Waals surface area (Å²) >= 11 is 0. The standard InChI is InChI=1S/C14H14N6O2/c21-12(22)5-3-7-16-13-10-8-19-20(14(10)18-9-17-13)11-4-1-2-6-15-11/h1-2,4,6,8-9H,3,5,7H2,(H,21,22)(H,16,17,18). The van der Waals surface area contributed by atoms with E-state index in [1.165, 1.54) is 6.33 Å². The average Bonchev–Trinajstić information content (AvgIpc) is 2.97. The Labute approximate surface area is 125 Å². The number of fused-ring (bicyclic) bond motifs is 1. The van der Waals surface area contributed by atoms with Crippen LogP contribution in [0.1, 0.15) is 12.8 Å². The zero-order valence-corrected chi connectivity index (χ0v) is 11.7. The summed E-state index contributed by atoms with van der Waals surface area (Å²) in [6.45, 7) is 0.521. The Balaban J connectivity index is 1.85. The van der Waals surface area contributed by atoms with E-state index in [2.05, 4.69) is 25.4 Å². The Morgan fingerprint density at radius 3 is 2.95 bits per heavy atom. The minimum atomic E-state index is -0.808. The minimum absolute atomic E-state index is 0.119. The number of carboxylic acid groups (broad SMARTS) is 1. The number of pyridine rings is 1. The molecule has 0 saturated heterocycles. The third-order valence-electron chi connectivity index (χ3n) is 3.09. The molecule has 8 heteroatoms. The van der Waals surface area contributed by atoms with Gasteiger partial charge in [-0.25, -0.2) is 15.0 Å². The molecule has 22 heavy (non-hydrogen) atoms. The monoisotopic (exact) mass is 298 g/mol. The molecule has 3 rings (SSSR count). The van der Waals surface area contributed by atoms with Crippen molar-refractivity contribution in [3.05, 3.63) is 36.9 Å². The molecule has 0 aliphatic carbocycles. The number of hydrogen-bond donors (Lipinski definition) is 2. The molecule has 0 aromatic carbocycles. The molecular weight excluding hydrogens is 284 g/mol. The Kier molecular flexibility index (Phi) is 3.90. The lowest BCUT2D eigenvalue weighted by Gasteiger charge is -2.05. The third-order valence-corrected chi connectivity index (χ3v) is 3.09. The molecule has 3 aromatic rings. The van der Waals surface area contributed by atoms with Gasteiger partial charge in [-0.15, -0.1) is 0 Å². The predicted molar refractivity (Wildman–Crippen MR) is 79.8 cm³/mol. The number of aliphatic carboxylic acids is 1. The first kappa shape index (κ1) is 13.9. The van der Waals surface area contributed by atoms with Crippen molar-refractivity contribution in [1.29, 1.82) is 0 Å². The van der Waals surface area contributed by atoms with E-state index >= 15 is 0 Å². The molecule has 0 bridgehead atoms. The lowest BCUT2D eigenvalue weighted by Crippen LogP contribution is -2.07. The second kappa shape index (κ2) is 6.17. The molecule has 0 atom stereocenters. The van der Waals surface area contributed by atoms with Crippen molar-refractivity contribution in [3.8, 4) is 5.82 Å². The van der Waals surface area contributed by atoms with E-state index in [1.807, 2.05) is 18.2 Å². The number of hydrogen-bond acceptors (Lipinski definition) is 6. The van der Waals surface area contributed by atoms with E-state index in [1.54, 1.807) is 17.1 Å². The second-order valence-corrected chi connectivity index (χ2v) is 4.63. The van der Waals surface area contributed by atoms with Gasteiger partial charge in [0.2, 0.25) is 0 Å². The van der Waals surface area contributed by atoms with Gasteiger partial charge < -0.3 is 10.4 Å². The zero-order valence-electron chi connectivity index (χ0n) is 11.7. The Hall–Kier alpha value is -3.03. The van der Waals surface area contributed by atoms with Gasteiger partial charge in [-0.2, -0.15) is 9.78 Å². The van der Waals surface area contributed by atoms with E-state index in [-0.39, 0.29) is 6.42 Å². The molecule has 112 valence electrons. The first-order chi connectivity index (χ1) is 10.8. The fourth-order valence-electron chi connectivity index (χ4n) is 2.08. The third kappa shape index (κ3) is 2.85. The van der Waals surface area contributed by atoms with Crippen molar-refractivity contribution in [3.63, 3.8) is 0 Å². The molecule has 8 nitrogen and oxygen atoms in total. The van der Waals surface area contributed by atoms with Crippen LogP contribution >= 0.6 is 0 Å². The number of carbonyl (C=O) groups is 1. The maximum absolute atomic E-state index is 10.5. The summed E-state index contributed by atoms with van der Waals surface area (Å²) in [4.78, 5) is 23.2. The van der Waals surface area contributed by atoms with Gasteiger partial charge >= 0.3 is 5.97 Å². The molecule has 0 fully saturated rings. The van der Waals surface area contributed by atoms with Crippen LogP contribution in [0.3, 0.4) is 0 Å². The molecule has 3 aromatic heterocycles. The van der Waals surface area contributed by atoms with Gasteiger partial charge in [0.25, 0.3) is 0 Å². The number of anilines is 1. The second-order valence-electron chi connectivity index (χ2n) is 4.63. The van der Waals surface area contributed by atoms with E-state index < -0.39 is 5.97 Å². The fourth-order valence-corrected chi connectivity index (χ4v) is 2.08. The first-order valence-electron chi connectivity index (χ1n) is 6.81. The topological polar surface area (TPSA) is 106 Å². The van der Waals surface area contributed by atoms with Crippen LogP contribution in [0.5, 0.6) is 0 Å². The van der Waals surface area contributed by atoms with Crippen LogP contribution in [0.2, 0.25) is 0 Å². The summed E-state index contributed by atoms with van der Waals surface area (Å²) < 4.78 is 1.64. The summed E-state index contributed by atoms with van der Waals surface area (Å²) in [5.74, 6) is 0.503. The lowest BCUT2D eigenvalue weighted by atomic mass is 10.3. The summed E-state index contributed by atoms with van der Waals surface area (Å²) in [7, 11) is 0. The molecule has 0 spiro atoms.